The van der Waals surface area contributed by atoms with E-state index in [-0.39, 0.29) is 36.7 Å². The van der Waals surface area contributed by atoms with Gasteiger partial charge in [0.25, 0.3) is 0 Å². The molecular formula is C28H34N2O5. The summed E-state index contributed by atoms with van der Waals surface area (Å²) in [6.45, 7) is 5.15. The molecule has 2 N–H and O–H groups in total. The number of amides is 2. The number of rotatable bonds is 8. The first-order chi connectivity index (χ1) is 16.8. The number of carbonyl (C=O) groups is 3. The minimum atomic E-state index is -0.814. The van der Waals surface area contributed by atoms with Gasteiger partial charge >= 0.3 is 12.1 Å². The molecule has 0 aromatic heterocycles. The lowest BCUT2D eigenvalue weighted by molar-refractivity contribution is -0.137. The Bertz CT molecular complexity index is 1040. The number of nitrogens with one attached hydrogen (secondary N) is 1. The number of carbonyl (C=O) groups excluding carboxylic acids is 2. The third-order valence-electron chi connectivity index (χ3n) is 7.15. The number of carboxylic acids is 1. The van der Waals surface area contributed by atoms with E-state index in [9.17, 15) is 14.4 Å². The fourth-order valence-electron chi connectivity index (χ4n) is 5.31. The van der Waals surface area contributed by atoms with Gasteiger partial charge in [-0.25, -0.2) is 4.79 Å². The predicted molar refractivity (Wildman–Crippen MR) is 133 cm³/mol. The number of hydrogen-bond donors (Lipinski definition) is 2. The van der Waals surface area contributed by atoms with Gasteiger partial charge in [0, 0.05) is 25.4 Å². The van der Waals surface area contributed by atoms with Gasteiger partial charge in [-0.3, -0.25) is 9.59 Å². The quantitative estimate of drug-likeness (QED) is 0.576. The van der Waals surface area contributed by atoms with Crippen molar-refractivity contribution in [2.45, 2.75) is 51.5 Å². The minimum absolute atomic E-state index is 0.0431. The van der Waals surface area contributed by atoms with Crippen LogP contribution in [0.25, 0.3) is 11.1 Å². The van der Waals surface area contributed by atoms with Crippen LogP contribution in [-0.2, 0) is 14.3 Å². The summed E-state index contributed by atoms with van der Waals surface area (Å²) in [7, 11) is 0. The van der Waals surface area contributed by atoms with Gasteiger partial charge in [0.15, 0.2) is 0 Å². The Labute approximate surface area is 206 Å². The Morgan fingerprint density at radius 2 is 1.69 bits per heavy atom. The Kier molecular flexibility index (Phi) is 7.73. The summed E-state index contributed by atoms with van der Waals surface area (Å²) in [4.78, 5) is 38.8. The largest absolute Gasteiger partial charge is 0.481 e. The summed E-state index contributed by atoms with van der Waals surface area (Å²) in [6.07, 6.45) is 1.83. The molecular weight excluding hydrogens is 444 g/mol. The summed E-state index contributed by atoms with van der Waals surface area (Å²) in [5.41, 5.74) is 4.60. The summed E-state index contributed by atoms with van der Waals surface area (Å²) < 4.78 is 5.66. The van der Waals surface area contributed by atoms with E-state index >= 15 is 0 Å². The van der Waals surface area contributed by atoms with Gasteiger partial charge in [0.05, 0.1) is 0 Å². The van der Waals surface area contributed by atoms with Crippen molar-refractivity contribution in [1.29, 1.82) is 0 Å². The molecule has 186 valence electrons. The van der Waals surface area contributed by atoms with Gasteiger partial charge in [-0.15, -0.1) is 0 Å². The van der Waals surface area contributed by atoms with E-state index in [0.717, 1.165) is 35.1 Å². The number of benzene rings is 2. The van der Waals surface area contributed by atoms with Crippen LogP contribution in [0.3, 0.4) is 0 Å². The van der Waals surface area contributed by atoms with Crippen molar-refractivity contribution in [3.8, 4) is 11.1 Å². The third-order valence-corrected chi connectivity index (χ3v) is 7.15. The monoisotopic (exact) mass is 478 g/mol. The second kappa shape index (κ2) is 10.9. The van der Waals surface area contributed by atoms with E-state index in [2.05, 4.69) is 29.6 Å². The van der Waals surface area contributed by atoms with Gasteiger partial charge in [0.2, 0.25) is 5.91 Å². The molecule has 2 aromatic carbocycles. The lowest BCUT2D eigenvalue weighted by Gasteiger charge is -2.36. The molecule has 7 nitrogen and oxygen atoms in total. The molecule has 0 bridgehead atoms. The Hall–Kier alpha value is -3.35. The second-order valence-corrected chi connectivity index (χ2v) is 9.92. The average molecular weight is 479 g/mol. The van der Waals surface area contributed by atoms with Crippen LogP contribution < -0.4 is 5.32 Å². The van der Waals surface area contributed by atoms with E-state index in [4.69, 9.17) is 9.84 Å². The fraction of sp³-hybridized carbons (Fsp3) is 0.464. The summed E-state index contributed by atoms with van der Waals surface area (Å²) in [5, 5.41) is 11.8. The first-order valence-electron chi connectivity index (χ1n) is 12.5. The van der Waals surface area contributed by atoms with Gasteiger partial charge in [-0.05, 0) is 53.4 Å². The average Bonchev–Trinajstić information content (AvgIpc) is 3.18. The van der Waals surface area contributed by atoms with Crippen LogP contribution in [-0.4, -0.2) is 53.7 Å². The smallest absolute Gasteiger partial charge is 0.407 e. The number of carboxylic acid groups (broad SMARTS) is 1. The fourth-order valence-corrected chi connectivity index (χ4v) is 5.31. The van der Waals surface area contributed by atoms with Gasteiger partial charge < -0.3 is 20.1 Å². The van der Waals surface area contributed by atoms with Crippen LogP contribution in [0.4, 0.5) is 4.79 Å². The number of aliphatic carboxylic acids is 1. The molecule has 7 heteroatoms. The second-order valence-electron chi connectivity index (χ2n) is 9.92. The topological polar surface area (TPSA) is 95.9 Å². The highest BCUT2D eigenvalue weighted by Gasteiger charge is 2.33. The molecule has 1 heterocycles. The van der Waals surface area contributed by atoms with Gasteiger partial charge in [0.1, 0.15) is 12.6 Å². The van der Waals surface area contributed by atoms with Crippen LogP contribution in [0, 0.1) is 11.8 Å². The molecule has 2 amide bonds. The van der Waals surface area contributed by atoms with Crippen molar-refractivity contribution in [2.75, 3.05) is 19.7 Å². The highest BCUT2D eigenvalue weighted by atomic mass is 16.5. The van der Waals surface area contributed by atoms with Crippen molar-refractivity contribution >= 4 is 18.0 Å². The lowest BCUT2D eigenvalue weighted by Crippen LogP contribution is -2.53. The zero-order chi connectivity index (χ0) is 24.9. The SMILES string of the molecule is CC(C)[C@H](NC(=O)OCC1c2ccccc2-c2ccccc21)C(=O)N1CCCC(CCC(=O)O)C1. The molecule has 1 unspecified atom stereocenters. The molecule has 1 aliphatic heterocycles. The third kappa shape index (κ3) is 5.66. The highest BCUT2D eigenvalue weighted by Crippen LogP contribution is 2.44. The predicted octanol–water partition coefficient (Wildman–Crippen LogP) is 4.65. The summed E-state index contributed by atoms with van der Waals surface area (Å²) in [5.74, 6) is -0.925. The van der Waals surface area contributed by atoms with E-state index in [1.54, 1.807) is 4.90 Å². The summed E-state index contributed by atoms with van der Waals surface area (Å²) >= 11 is 0. The number of nitrogens with zero attached hydrogens (tertiary/aromatic N) is 1. The van der Waals surface area contributed by atoms with Crippen molar-refractivity contribution in [2.24, 2.45) is 11.8 Å². The zero-order valence-corrected chi connectivity index (χ0v) is 20.4. The molecule has 2 aliphatic rings. The molecule has 0 saturated carbocycles. The number of ether oxygens (including phenoxy) is 1. The molecule has 1 aliphatic carbocycles. The zero-order valence-electron chi connectivity index (χ0n) is 20.4. The molecule has 1 fully saturated rings. The van der Waals surface area contributed by atoms with Crippen LogP contribution in [0.2, 0.25) is 0 Å². The maximum Gasteiger partial charge on any atom is 0.407 e. The molecule has 2 aromatic rings. The van der Waals surface area contributed by atoms with Crippen LogP contribution in [0.1, 0.15) is 56.6 Å². The normalized spacial score (nSPS) is 18.0. The number of fused-ring (bicyclic) bond motifs is 3. The van der Waals surface area contributed by atoms with Gasteiger partial charge in [-0.2, -0.15) is 0 Å². The molecule has 0 spiro atoms. The first-order valence-corrected chi connectivity index (χ1v) is 12.5. The van der Waals surface area contributed by atoms with E-state index in [1.165, 1.54) is 0 Å². The molecule has 0 radical (unpaired) electrons. The van der Waals surface area contributed by atoms with Crippen molar-refractivity contribution < 1.29 is 24.2 Å². The maximum atomic E-state index is 13.3. The number of alkyl carbamates (subject to hydrolysis) is 1. The van der Waals surface area contributed by atoms with Crippen LogP contribution in [0.15, 0.2) is 48.5 Å². The van der Waals surface area contributed by atoms with E-state index in [0.29, 0.717) is 19.5 Å². The Morgan fingerprint density at radius 1 is 1.06 bits per heavy atom. The Morgan fingerprint density at radius 3 is 2.29 bits per heavy atom. The van der Waals surface area contributed by atoms with Gasteiger partial charge in [-0.1, -0.05) is 62.4 Å². The number of hydrogen-bond acceptors (Lipinski definition) is 4. The van der Waals surface area contributed by atoms with E-state index in [1.807, 2.05) is 38.1 Å². The van der Waals surface area contributed by atoms with Crippen LogP contribution in [0.5, 0.6) is 0 Å². The minimum Gasteiger partial charge on any atom is -0.481 e. The number of piperidine rings is 1. The Balaban J connectivity index is 1.37. The summed E-state index contributed by atoms with van der Waals surface area (Å²) in [6, 6.07) is 15.6. The first kappa shape index (κ1) is 24.8. The van der Waals surface area contributed by atoms with Crippen molar-refractivity contribution in [3.63, 3.8) is 0 Å². The molecule has 35 heavy (non-hydrogen) atoms. The lowest BCUT2D eigenvalue weighted by atomic mass is 9.92. The van der Waals surface area contributed by atoms with Crippen molar-refractivity contribution in [3.05, 3.63) is 59.7 Å². The maximum absolute atomic E-state index is 13.3. The molecule has 4 rings (SSSR count). The van der Waals surface area contributed by atoms with E-state index < -0.39 is 18.1 Å². The molecule has 2 atom stereocenters. The standard InChI is InChI=1S/C28H34N2O5/c1-18(2)26(27(33)30-15-7-8-19(16-30)13-14-25(31)32)29-28(34)35-17-24-22-11-5-3-9-20(22)21-10-4-6-12-23(21)24/h3-6,9-12,18-19,24,26H,7-8,13-17H2,1-2H3,(H,29,34)(H,31,32)/t19?,26-/m0/s1. The highest BCUT2D eigenvalue weighted by molar-refractivity contribution is 5.86. The molecule has 1 saturated heterocycles. The number of likely N-dealkylation sites (tertiary alicyclic amines) is 1. The van der Waals surface area contributed by atoms with Crippen molar-refractivity contribution in [1.82, 2.24) is 10.2 Å². The van der Waals surface area contributed by atoms with Crippen LogP contribution >= 0.6 is 0 Å².